The Morgan fingerprint density at radius 1 is 1.86 bits per heavy atom. The molecule has 1 radical (unpaired) electrons. The van der Waals surface area contributed by atoms with E-state index >= 15 is 0 Å². The first-order valence-corrected chi connectivity index (χ1v) is 1.68. The van der Waals surface area contributed by atoms with Gasteiger partial charge in [0, 0.05) is 18.6 Å². The number of nitrogens with zero attached hydrogens (tertiary/aromatic N) is 1. The second kappa shape index (κ2) is 2.89. The minimum Gasteiger partial charge on any atom is -0.578 e. The van der Waals surface area contributed by atoms with Gasteiger partial charge in [-0.25, -0.2) is 0 Å². The van der Waals surface area contributed by atoms with Crippen molar-refractivity contribution in [2.24, 2.45) is 0 Å². The number of aromatic nitrogens is 1. The Kier molecular flexibility index (Phi) is 2.80. The van der Waals surface area contributed by atoms with Crippen LogP contribution in [0.4, 0.5) is 0 Å². The molecule has 0 saturated heterocycles. The fourth-order valence-electron chi connectivity index (χ4n) is 0.242. The van der Waals surface area contributed by atoms with Crippen molar-refractivity contribution >= 4 is 0 Å². The quantitative estimate of drug-likeness (QED) is 0.489. The normalized spacial score (nSPS) is 7.57. The summed E-state index contributed by atoms with van der Waals surface area (Å²) >= 11 is 0. The molecule has 0 spiro atoms. The minimum absolute atomic E-state index is 0. The monoisotopic (exact) mass is 133 g/mol. The van der Waals surface area contributed by atoms with Crippen LogP contribution in [0.2, 0.25) is 0 Å². The van der Waals surface area contributed by atoms with Crippen molar-refractivity contribution in [3.8, 4) is 0 Å². The molecule has 0 unspecified atom stereocenters. The summed E-state index contributed by atoms with van der Waals surface area (Å²) in [4.78, 5) is 3.53. The van der Waals surface area contributed by atoms with Crippen molar-refractivity contribution in [2.45, 2.75) is 6.92 Å². The molecule has 1 heterocycles. The Balaban J connectivity index is 0.000000360. The second-order valence-corrected chi connectivity index (χ2v) is 1.06. The Morgan fingerprint density at radius 2 is 2.57 bits per heavy atom. The third kappa shape index (κ3) is 1.81. The van der Waals surface area contributed by atoms with Crippen LogP contribution in [-0.4, -0.2) is 4.98 Å². The Bertz CT molecular complexity index is 115. The van der Waals surface area contributed by atoms with Crippen LogP contribution in [0.3, 0.4) is 0 Å². The Hall–Kier alpha value is -0.206. The largest absolute Gasteiger partial charge is 0.578 e. The summed E-state index contributed by atoms with van der Waals surface area (Å²) in [5, 5.41) is 0. The first-order valence-electron chi connectivity index (χ1n) is 1.68. The fraction of sp³-hybridized carbons (Fsp3) is 0.250. The van der Waals surface area contributed by atoms with Gasteiger partial charge >= 0.3 is 0 Å². The van der Waals surface area contributed by atoms with Crippen LogP contribution in [0, 0.1) is 13.3 Å². The van der Waals surface area contributed by atoms with E-state index in [0.717, 1.165) is 5.76 Å². The first kappa shape index (κ1) is 6.79. The number of hydrogen-bond acceptors (Lipinski definition) is 2. The van der Waals surface area contributed by atoms with Gasteiger partial charge in [-0.05, 0) is 5.76 Å². The molecule has 0 N–H and O–H groups in total. The SMILES string of the molecule is Cc1cn[c-]o1.[V]. The van der Waals surface area contributed by atoms with Crippen LogP contribution in [-0.2, 0) is 18.6 Å². The van der Waals surface area contributed by atoms with E-state index in [1.54, 1.807) is 6.20 Å². The maximum absolute atomic E-state index is 4.60. The predicted octanol–water partition coefficient (Wildman–Crippen LogP) is 0.781. The maximum atomic E-state index is 4.60. The molecular formula is C4H4NOV-. The van der Waals surface area contributed by atoms with E-state index in [9.17, 15) is 0 Å². The zero-order valence-corrected chi connectivity index (χ0v) is 5.28. The van der Waals surface area contributed by atoms with E-state index in [-0.39, 0.29) is 18.6 Å². The van der Waals surface area contributed by atoms with Gasteiger partial charge < -0.3 is 9.40 Å². The van der Waals surface area contributed by atoms with Crippen molar-refractivity contribution in [1.29, 1.82) is 0 Å². The first-order chi connectivity index (χ1) is 2.89. The molecule has 3 heteroatoms. The third-order valence-corrected chi connectivity index (χ3v) is 0.506. The molecule has 0 aliphatic carbocycles. The average molecular weight is 133 g/mol. The minimum atomic E-state index is 0. The van der Waals surface area contributed by atoms with Crippen molar-refractivity contribution in [3.63, 3.8) is 0 Å². The topological polar surface area (TPSA) is 26.0 Å². The van der Waals surface area contributed by atoms with E-state index in [4.69, 9.17) is 0 Å². The van der Waals surface area contributed by atoms with E-state index in [1.807, 2.05) is 6.92 Å². The average Bonchev–Trinajstić information content (AvgIpc) is 1.86. The molecule has 0 fully saturated rings. The number of rotatable bonds is 0. The zero-order valence-electron chi connectivity index (χ0n) is 3.88. The van der Waals surface area contributed by atoms with Crippen molar-refractivity contribution in [3.05, 3.63) is 18.4 Å². The molecule has 0 aromatic carbocycles. The maximum Gasteiger partial charge on any atom is 0.102 e. The van der Waals surface area contributed by atoms with Crippen LogP contribution in [0.25, 0.3) is 0 Å². The number of oxazole rings is 1. The summed E-state index contributed by atoms with van der Waals surface area (Å²) < 4.78 is 4.60. The number of hydrogen-bond donors (Lipinski definition) is 0. The van der Waals surface area contributed by atoms with Gasteiger partial charge in [-0.15, -0.1) is 0 Å². The third-order valence-electron chi connectivity index (χ3n) is 0.506. The van der Waals surface area contributed by atoms with Crippen molar-refractivity contribution < 1.29 is 23.0 Å². The second-order valence-electron chi connectivity index (χ2n) is 1.06. The molecule has 0 amide bonds. The van der Waals surface area contributed by atoms with Gasteiger partial charge in [-0.1, -0.05) is 13.1 Å². The van der Waals surface area contributed by atoms with Crippen LogP contribution in [0.15, 0.2) is 10.6 Å². The summed E-state index contributed by atoms with van der Waals surface area (Å²) in [6, 6.07) is 0. The molecule has 7 heavy (non-hydrogen) atoms. The fourth-order valence-corrected chi connectivity index (χ4v) is 0.242. The molecule has 0 atom stereocenters. The van der Waals surface area contributed by atoms with Crippen molar-refractivity contribution in [2.75, 3.05) is 0 Å². The molecule has 1 aromatic rings. The summed E-state index contributed by atoms with van der Waals surface area (Å²) in [5.41, 5.74) is 0. The molecule has 1 aromatic heterocycles. The molecule has 0 bridgehead atoms. The van der Waals surface area contributed by atoms with E-state index < -0.39 is 0 Å². The molecule has 0 saturated carbocycles. The van der Waals surface area contributed by atoms with Gasteiger partial charge in [0.1, 0.15) is 6.39 Å². The summed E-state index contributed by atoms with van der Waals surface area (Å²) in [6.45, 7) is 1.82. The van der Waals surface area contributed by atoms with Gasteiger partial charge in [0.25, 0.3) is 0 Å². The Morgan fingerprint density at radius 3 is 2.71 bits per heavy atom. The van der Waals surface area contributed by atoms with Crippen LogP contribution in [0.5, 0.6) is 0 Å². The summed E-state index contributed by atoms with van der Waals surface area (Å²) in [6.07, 6.45) is 3.92. The van der Waals surface area contributed by atoms with Gasteiger partial charge in [-0.3, -0.25) is 0 Å². The van der Waals surface area contributed by atoms with Crippen LogP contribution >= 0.6 is 0 Å². The van der Waals surface area contributed by atoms with Crippen LogP contribution < -0.4 is 0 Å². The molecule has 0 aliphatic rings. The molecule has 1 rings (SSSR count). The van der Waals surface area contributed by atoms with Gasteiger partial charge in [-0.2, -0.15) is 0 Å². The van der Waals surface area contributed by atoms with E-state index in [2.05, 4.69) is 15.8 Å². The predicted molar refractivity (Wildman–Crippen MR) is 20.1 cm³/mol. The zero-order chi connectivity index (χ0) is 4.41. The van der Waals surface area contributed by atoms with Crippen LogP contribution in [0.1, 0.15) is 5.76 Å². The number of aryl methyl sites for hydroxylation is 1. The van der Waals surface area contributed by atoms with Gasteiger partial charge in [0.2, 0.25) is 0 Å². The molecular weight excluding hydrogens is 129 g/mol. The standard InChI is InChI=1S/C4H4NO.V/c1-4-2-5-3-6-4;/h2H,1H3;/q-1;. The van der Waals surface area contributed by atoms with Gasteiger partial charge in [0.05, 0.1) is 0 Å². The molecule has 37 valence electrons. The van der Waals surface area contributed by atoms with E-state index in [0.29, 0.717) is 0 Å². The van der Waals surface area contributed by atoms with Crippen molar-refractivity contribution in [1.82, 2.24) is 4.98 Å². The van der Waals surface area contributed by atoms with Gasteiger partial charge in [0.15, 0.2) is 0 Å². The molecule has 0 aliphatic heterocycles. The smallest absolute Gasteiger partial charge is 0.102 e. The van der Waals surface area contributed by atoms with E-state index in [1.165, 1.54) is 0 Å². The summed E-state index contributed by atoms with van der Waals surface area (Å²) in [5.74, 6) is 0.801. The Labute approximate surface area is 53.8 Å². The molecule has 2 nitrogen and oxygen atoms in total. The summed E-state index contributed by atoms with van der Waals surface area (Å²) in [7, 11) is 0.